The summed E-state index contributed by atoms with van der Waals surface area (Å²) in [5.74, 6) is -0.133. The number of furan rings is 1. The Morgan fingerprint density at radius 3 is 2.71 bits per heavy atom. The molecule has 0 radical (unpaired) electrons. The summed E-state index contributed by atoms with van der Waals surface area (Å²) in [6.45, 7) is 1.37. The van der Waals surface area contributed by atoms with Gasteiger partial charge >= 0.3 is 0 Å². The molecule has 1 aromatic carbocycles. The van der Waals surface area contributed by atoms with Crippen molar-refractivity contribution in [3.8, 4) is 0 Å². The van der Waals surface area contributed by atoms with Gasteiger partial charge in [0.05, 0.1) is 29.2 Å². The molecule has 1 amide bonds. The fourth-order valence-corrected chi connectivity index (χ4v) is 2.17. The summed E-state index contributed by atoms with van der Waals surface area (Å²) in [6.07, 6.45) is 3.19. The highest BCUT2D eigenvalue weighted by Gasteiger charge is 2.17. The minimum Gasteiger partial charge on any atom is -0.472 e. The lowest BCUT2D eigenvalue weighted by Crippen LogP contribution is -2.33. The Hall–Kier alpha value is -1.49. The first kappa shape index (κ1) is 15.9. The van der Waals surface area contributed by atoms with Crippen LogP contribution in [0.1, 0.15) is 15.9 Å². The zero-order valence-electron chi connectivity index (χ0n) is 11.5. The van der Waals surface area contributed by atoms with Crippen LogP contribution in [0.4, 0.5) is 0 Å². The van der Waals surface area contributed by atoms with Crippen LogP contribution >= 0.6 is 23.2 Å². The van der Waals surface area contributed by atoms with E-state index in [0.717, 1.165) is 5.56 Å². The summed E-state index contributed by atoms with van der Waals surface area (Å²) in [6, 6.07) is 6.67. The highest BCUT2D eigenvalue weighted by atomic mass is 35.5. The van der Waals surface area contributed by atoms with Crippen LogP contribution in [0.5, 0.6) is 0 Å². The van der Waals surface area contributed by atoms with Gasteiger partial charge < -0.3 is 14.1 Å². The third-order valence-corrected chi connectivity index (χ3v) is 3.71. The molecule has 0 fully saturated rings. The first-order valence-electron chi connectivity index (χ1n) is 6.36. The molecule has 0 bridgehead atoms. The summed E-state index contributed by atoms with van der Waals surface area (Å²) < 4.78 is 10.1. The zero-order chi connectivity index (χ0) is 15.2. The molecule has 0 saturated heterocycles. The van der Waals surface area contributed by atoms with Crippen LogP contribution < -0.4 is 0 Å². The molecule has 0 unspecified atom stereocenters. The van der Waals surface area contributed by atoms with E-state index in [4.69, 9.17) is 32.4 Å². The van der Waals surface area contributed by atoms with Gasteiger partial charge in [0.25, 0.3) is 5.91 Å². The van der Waals surface area contributed by atoms with Crippen molar-refractivity contribution < 1.29 is 13.9 Å². The van der Waals surface area contributed by atoms with E-state index in [-0.39, 0.29) is 5.91 Å². The molecule has 2 aromatic rings. The van der Waals surface area contributed by atoms with E-state index < -0.39 is 0 Å². The molecule has 6 heteroatoms. The molecular weight excluding hydrogens is 313 g/mol. The van der Waals surface area contributed by atoms with Gasteiger partial charge in [-0.25, -0.2) is 0 Å². The molecule has 0 spiro atoms. The molecule has 112 valence electrons. The van der Waals surface area contributed by atoms with Gasteiger partial charge in [-0.15, -0.1) is 0 Å². The van der Waals surface area contributed by atoms with Crippen LogP contribution in [0.3, 0.4) is 0 Å². The van der Waals surface area contributed by atoms with Crippen LogP contribution in [0, 0.1) is 0 Å². The van der Waals surface area contributed by atoms with E-state index in [0.29, 0.717) is 35.3 Å². The van der Waals surface area contributed by atoms with Crippen molar-refractivity contribution in [3.05, 3.63) is 58.0 Å². The summed E-state index contributed by atoms with van der Waals surface area (Å²) in [5, 5.41) is 0.781. The number of halogens is 2. The fraction of sp³-hybridized carbons (Fsp3) is 0.267. The third kappa shape index (κ3) is 4.24. The number of ether oxygens (including phenoxy) is 1. The number of benzene rings is 1. The summed E-state index contributed by atoms with van der Waals surface area (Å²) in [7, 11) is 1.60. The molecule has 4 nitrogen and oxygen atoms in total. The number of carbonyl (C=O) groups is 1. The maximum Gasteiger partial charge on any atom is 0.254 e. The fourth-order valence-electron chi connectivity index (χ4n) is 1.87. The van der Waals surface area contributed by atoms with Gasteiger partial charge in [-0.2, -0.15) is 0 Å². The van der Waals surface area contributed by atoms with E-state index in [9.17, 15) is 4.79 Å². The molecule has 2 rings (SSSR count). The van der Waals surface area contributed by atoms with Gasteiger partial charge in [0.2, 0.25) is 0 Å². The molecule has 0 aliphatic heterocycles. The van der Waals surface area contributed by atoms with Crippen molar-refractivity contribution in [2.45, 2.75) is 6.54 Å². The van der Waals surface area contributed by atoms with Crippen LogP contribution in [0.15, 0.2) is 41.2 Å². The maximum absolute atomic E-state index is 12.6. The zero-order valence-corrected chi connectivity index (χ0v) is 13.0. The van der Waals surface area contributed by atoms with E-state index in [1.54, 1.807) is 42.7 Å². The van der Waals surface area contributed by atoms with E-state index >= 15 is 0 Å². The molecule has 1 aromatic heterocycles. The Kier molecular flexibility index (Phi) is 5.67. The van der Waals surface area contributed by atoms with Gasteiger partial charge in [-0.3, -0.25) is 4.79 Å². The smallest absolute Gasteiger partial charge is 0.254 e. The van der Waals surface area contributed by atoms with E-state index in [1.165, 1.54) is 0 Å². The molecule has 0 aliphatic carbocycles. The maximum atomic E-state index is 12.6. The Morgan fingerprint density at radius 2 is 2.10 bits per heavy atom. The first-order valence-corrected chi connectivity index (χ1v) is 7.11. The molecular formula is C15H15Cl2NO3. The molecule has 0 saturated carbocycles. The average molecular weight is 328 g/mol. The van der Waals surface area contributed by atoms with Crippen molar-refractivity contribution >= 4 is 29.1 Å². The number of hydrogen-bond donors (Lipinski definition) is 0. The lowest BCUT2D eigenvalue weighted by Gasteiger charge is -2.22. The quantitative estimate of drug-likeness (QED) is 0.808. The Morgan fingerprint density at radius 1 is 1.29 bits per heavy atom. The second kappa shape index (κ2) is 7.50. The van der Waals surface area contributed by atoms with Crippen molar-refractivity contribution in [1.82, 2.24) is 4.90 Å². The average Bonchev–Trinajstić information content (AvgIpc) is 2.98. The molecule has 1 heterocycles. The van der Waals surface area contributed by atoms with E-state index in [2.05, 4.69) is 0 Å². The normalized spacial score (nSPS) is 10.6. The Balaban J connectivity index is 2.18. The third-order valence-electron chi connectivity index (χ3n) is 2.97. The highest BCUT2D eigenvalue weighted by Crippen LogP contribution is 2.23. The molecule has 21 heavy (non-hydrogen) atoms. The predicted octanol–water partition coefficient (Wildman–Crippen LogP) is 3.88. The second-order valence-corrected chi connectivity index (χ2v) is 5.29. The molecule has 0 N–H and O–H groups in total. The number of nitrogens with zero attached hydrogens (tertiary/aromatic N) is 1. The topological polar surface area (TPSA) is 42.7 Å². The molecule has 0 aliphatic rings. The summed E-state index contributed by atoms with van der Waals surface area (Å²) in [5.41, 5.74) is 1.41. The van der Waals surface area contributed by atoms with E-state index in [1.807, 2.05) is 6.07 Å². The van der Waals surface area contributed by atoms with Crippen molar-refractivity contribution in [3.63, 3.8) is 0 Å². The number of amides is 1. The number of hydrogen-bond acceptors (Lipinski definition) is 3. The minimum absolute atomic E-state index is 0.133. The van der Waals surface area contributed by atoms with Gasteiger partial charge in [0.15, 0.2) is 0 Å². The van der Waals surface area contributed by atoms with Crippen LogP contribution in [0.25, 0.3) is 0 Å². The van der Waals surface area contributed by atoms with Crippen molar-refractivity contribution in [1.29, 1.82) is 0 Å². The Bertz CT molecular complexity index is 599. The monoisotopic (exact) mass is 327 g/mol. The lowest BCUT2D eigenvalue weighted by atomic mass is 10.2. The molecule has 0 atom stereocenters. The SMILES string of the molecule is COCCN(Cc1ccoc1)C(=O)c1ccc(Cl)c(Cl)c1. The van der Waals surface area contributed by atoms with Gasteiger partial charge in [0, 0.05) is 31.3 Å². The lowest BCUT2D eigenvalue weighted by molar-refractivity contribution is 0.0680. The number of carbonyl (C=O) groups excluding carboxylic acids is 1. The van der Waals surface area contributed by atoms with Crippen molar-refractivity contribution in [2.24, 2.45) is 0 Å². The highest BCUT2D eigenvalue weighted by molar-refractivity contribution is 6.42. The van der Waals surface area contributed by atoms with Crippen LogP contribution in [-0.2, 0) is 11.3 Å². The standard InChI is InChI=1S/C15H15Cl2NO3/c1-20-7-5-18(9-11-4-6-21-10-11)15(19)12-2-3-13(16)14(17)8-12/h2-4,6,8,10H,5,7,9H2,1H3. The summed E-state index contributed by atoms with van der Waals surface area (Å²) in [4.78, 5) is 14.3. The van der Waals surface area contributed by atoms with Gasteiger partial charge in [-0.1, -0.05) is 23.2 Å². The van der Waals surface area contributed by atoms with Crippen LogP contribution in [-0.4, -0.2) is 31.1 Å². The van der Waals surface area contributed by atoms with Crippen molar-refractivity contribution in [2.75, 3.05) is 20.3 Å². The minimum atomic E-state index is -0.133. The first-order chi connectivity index (χ1) is 10.1. The number of methoxy groups -OCH3 is 1. The second-order valence-electron chi connectivity index (χ2n) is 4.48. The number of rotatable bonds is 6. The van der Waals surface area contributed by atoms with Crippen LogP contribution in [0.2, 0.25) is 10.0 Å². The van der Waals surface area contributed by atoms with Gasteiger partial charge in [0.1, 0.15) is 0 Å². The Labute approximate surface area is 133 Å². The summed E-state index contributed by atoms with van der Waals surface area (Å²) >= 11 is 11.8. The largest absolute Gasteiger partial charge is 0.472 e. The predicted molar refractivity (Wildman–Crippen MR) is 81.8 cm³/mol. The van der Waals surface area contributed by atoms with Gasteiger partial charge in [-0.05, 0) is 24.3 Å².